The average molecular weight is 812 g/mol. The van der Waals surface area contributed by atoms with Crippen LogP contribution >= 0.6 is 11.6 Å². The molecule has 270 valence electrons. The number of carbonyl (C=O) groups is 1. The summed E-state index contributed by atoms with van der Waals surface area (Å²) >= 11 is 6.09. The Morgan fingerprint density at radius 3 is 1.92 bits per heavy atom. The normalized spacial score (nSPS) is 12.3. The summed E-state index contributed by atoms with van der Waals surface area (Å²) in [6.07, 6.45) is 0. The number of aromatic hydroxyl groups is 1. The standard InChI is InChI=1S/C29H24ClN9O10S3.Na/c1-15(40)38-50(43,44)21-8-3-18(4-9-21)31-28-33-27(30)34-29(35-28)32-20-7-12-23-17(13-20)14-24(52(47,48)49)25(26(23)42)37-36-19-5-10-22(11-6-19)51(45,46)39-16(2)41;/h3-14,42H,1-2H3,(H,38,40)(H,39,41)(H,47,48,49)(H2,31,32,33,34,35);/q;+1/p-1. The predicted octanol–water partition coefficient (Wildman–Crippen LogP) is 0.829. The fourth-order valence-corrected chi connectivity index (χ4v) is 7.16. The molecule has 1 amide bonds. The first kappa shape index (κ1) is 41.0. The Kier molecular flexibility index (Phi) is 12.4. The van der Waals surface area contributed by atoms with Gasteiger partial charge in [-0.15, -0.1) is 5.11 Å². The van der Waals surface area contributed by atoms with Crippen molar-refractivity contribution in [3.63, 3.8) is 0 Å². The minimum absolute atomic E-state index is 0. The zero-order valence-electron chi connectivity index (χ0n) is 27.4. The molecule has 4 aromatic carbocycles. The fraction of sp³-hybridized carbons (Fsp3) is 0.0690. The number of hydrogen-bond donors (Lipinski definition) is 5. The summed E-state index contributed by atoms with van der Waals surface area (Å²) < 4.78 is 88.2. The van der Waals surface area contributed by atoms with Crippen molar-refractivity contribution in [3.05, 3.63) is 78.1 Å². The minimum atomic E-state index is -4.98. The van der Waals surface area contributed by atoms with E-state index in [1.54, 1.807) is 4.72 Å². The second-order valence-corrected chi connectivity index (χ2v) is 15.5. The van der Waals surface area contributed by atoms with Crippen LogP contribution in [0.2, 0.25) is 5.28 Å². The van der Waals surface area contributed by atoms with Gasteiger partial charge in [0.15, 0.2) is 5.75 Å². The molecule has 24 heteroatoms. The van der Waals surface area contributed by atoms with Crippen LogP contribution in [0, 0.1) is 0 Å². The third-order valence-electron chi connectivity index (χ3n) is 6.54. The molecule has 0 saturated heterocycles. The molecule has 0 aliphatic carbocycles. The van der Waals surface area contributed by atoms with Crippen molar-refractivity contribution >= 4 is 99.0 Å². The summed E-state index contributed by atoms with van der Waals surface area (Å²) in [5, 5.41) is 35.5. The number of halogens is 1. The van der Waals surface area contributed by atoms with Crippen LogP contribution in [0.3, 0.4) is 0 Å². The number of fused-ring (bicyclic) bond motifs is 1. The molecular weight excluding hydrogens is 789 g/mol. The number of rotatable bonds is 11. The van der Waals surface area contributed by atoms with Crippen LogP contribution in [-0.4, -0.2) is 61.7 Å². The third kappa shape index (κ3) is 10.2. The number of carbonyl (C=O) groups excluding carboxylic acids is 1. The zero-order chi connectivity index (χ0) is 38.0. The smallest absolute Gasteiger partial charge is 0.861 e. The van der Waals surface area contributed by atoms with Crippen molar-refractivity contribution in [3.8, 4) is 5.75 Å². The minimum Gasteiger partial charge on any atom is -0.861 e. The third-order valence-corrected chi connectivity index (χ3v) is 10.4. The number of sulfonamides is 2. The molecule has 0 fully saturated rings. The van der Waals surface area contributed by atoms with Gasteiger partial charge in [-0.05, 0) is 103 Å². The molecule has 5 N–H and O–H groups in total. The Morgan fingerprint density at radius 2 is 1.36 bits per heavy atom. The van der Waals surface area contributed by atoms with E-state index in [1.807, 2.05) is 0 Å². The molecule has 0 spiro atoms. The van der Waals surface area contributed by atoms with Gasteiger partial charge in [-0.2, -0.15) is 41.3 Å². The van der Waals surface area contributed by atoms with Gasteiger partial charge in [0.2, 0.25) is 23.1 Å². The zero-order valence-corrected chi connectivity index (χ0v) is 32.6. The quantitative estimate of drug-likeness (QED) is 0.0406. The number of benzene rings is 4. The molecule has 0 unspecified atom stereocenters. The van der Waals surface area contributed by atoms with Crippen LogP contribution in [0.15, 0.2) is 102 Å². The second-order valence-electron chi connectivity index (χ2n) is 10.4. The number of azo groups is 1. The number of phenolic OH excluding ortho intramolecular Hbond substituents is 1. The van der Waals surface area contributed by atoms with E-state index in [0.29, 0.717) is 5.69 Å². The molecule has 19 nitrogen and oxygen atoms in total. The number of hydrogen-bond acceptors (Lipinski definition) is 16. The van der Waals surface area contributed by atoms with Gasteiger partial charge in [-0.1, -0.05) is 0 Å². The van der Waals surface area contributed by atoms with E-state index in [-0.39, 0.29) is 78.7 Å². The maximum Gasteiger partial charge on any atom is 1.00 e. The van der Waals surface area contributed by atoms with Crippen molar-refractivity contribution < 1.29 is 74.4 Å². The second kappa shape index (κ2) is 16.1. The molecule has 0 atom stereocenters. The molecule has 1 aromatic heterocycles. The summed E-state index contributed by atoms with van der Waals surface area (Å²) in [5.41, 5.74) is 0.0460. The fourth-order valence-electron chi connectivity index (χ4n) is 4.42. The first-order chi connectivity index (χ1) is 24.3. The van der Waals surface area contributed by atoms with E-state index in [1.165, 1.54) is 54.6 Å². The van der Waals surface area contributed by atoms with Crippen LogP contribution in [-0.2, 0) is 35.0 Å². The molecule has 0 aliphatic heterocycles. The van der Waals surface area contributed by atoms with Crippen molar-refractivity contribution in [2.24, 2.45) is 14.6 Å². The SMILES string of the molecule is CC(=O)NS(=O)(=O)c1ccc(N=Nc2c(S(=O)(=O)O)cc3cc(Nc4nc(Cl)nc(Nc5ccc(S(=O)(=O)N=C(C)[O-])cc5)n4)ccc3c2O)cc1.[Na+]. The monoisotopic (exact) mass is 811 g/mol. The van der Waals surface area contributed by atoms with Crippen LogP contribution in [0.1, 0.15) is 13.8 Å². The summed E-state index contributed by atoms with van der Waals surface area (Å²) in [5.74, 6) is -2.47. The number of nitrogens with zero attached hydrogens (tertiary/aromatic N) is 6. The molecule has 0 radical (unpaired) electrons. The van der Waals surface area contributed by atoms with Crippen LogP contribution in [0.5, 0.6) is 5.75 Å². The number of anilines is 4. The van der Waals surface area contributed by atoms with E-state index >= 15 is 0 Å². The Labute approximate surface area is 328 Å². The molecule has 53 heavy (non-hydrogen) atoms. The Bertz CT molecular complexity index is 2630. The van der Waals surface area contributed by atoms with E-state index < -0.39 is 58.3 Å². The van der Waals surface area contributed by atoms with Crippen LogP contribution < -0.4 is 50.0 Å². The summed E-state index contributed by atoms with van der Waals surface area (Å²) in [4.78, 5) is 22.1. The molecular formula is C29H23ClN9NaO10S3. The topological polar surface area (TPSA) is 295 Å². The van der Waals surface area contributed by atoms with Crippen molar-refractivity contribution in [2.45, 2.75) is 28.5 Å². The number of aromatic nitrogens is 3. The van der Waals surface area contributed by atoms with E-state index in [9.17, 15) is 44.8 Å². The summed E-state index contributed by atoms with van der Waals surface area (Å²) in [7, 11) is -13.3. The molecule has 1 heterocycles. The van der Waals surface area contributed by atoms with Crippen molar-refractivity contribution in [1.29, 1.82) is 0 Å². The van der Waals surface area contributed by atoms with Gasteiger partial charge >= 0.3 is 29.6 Å². The van der Waals surface area contributed by atoms with Gasteiger partial charge in [0.1, 0.15) is 10.6 Å². The Hall–Kier alpha value is -4.81. The van der Waals surface area contributed by atoms with Gasteiger partial charge in [0, 0.05) is 23.7 Å². The number of phenols is 1. The Balaban J connectivity index is 0.00000627. The largest absolute Gasteiger partial charge is 1.00 e. The van der Waals surface area contributed by atoms with Gasteiger partial charge < -0.3 is 20.8 Å². The van der Waals surface area contributed by atoms with Gasteiger partial charge in [0.05, 0.1) is 15.5 Å². The molecule has 5 rings (SSSR count). The Morgan fingerprint density at radius 1 is 0.792 bits per heavy atom. The molecule has 0 saturated carbocycles. The van der Waals surface area contributed by atoms with Crippen LogP contribution in [0.4, 0.5) is 34.6 Å². The number of amides is 1. The maximum absolute atomic E-state index is 12.3. The first-order valence-corrected chi connectivity index (χ1v) is 18.9. The number of nitrogens with one attached hydrogen (secondary N) is 3. The van der Waals surface area contributed by atoms with Gasteiger partial charge in [0.25, 0.3) is 30.2 Å². The van der Waals surface area contributed by atoms with Crippen molar-refractivity contribution in [1.82, 2.24) is 19.7 Å². The average Bonchev–Trinajstić information content (AvgIpc) is 3.03. The van der Waals surface area contributed by atoms with E-state index in [2.05, 4.69) is 40.2 Å². The van der Waals surface area contributed by atoms with E-state index in [0.717, 1.165) is 32.0 Å². The maximum atomic E-state index is 12.3. The van der Waals surface area contributed by atoms with Crippen LogP contribution in [0.25, 0.3) is 10.8 Å². The first-order valence-electron chi connectivity index (χ1n) is 14.2. The summed E-state index contributed by atoms with van der Waals surface area (Å²) in [6, 6.07) is 15.2. The molecule has 5 aromatic rings. The van der Waals surface area contributed by atoms with Gasteiger partial charge in [-0.3, -0.25) is 9.35 Å². The molecule has 0 aliphatic rings. The van der Waals surface area contributed by atoms with Crippen molar-refractivity contribution in [2.75, 3.05) is 10.6 Å². The summed E-state index contributed by atoms with van der Waals surface area (Å²) in [6.45, 7) is 2.04. The van der Waals surface area contributed by atoms with Gasteiger partial charge in [-0.25, -0.2) is 13.1 Å². The molecule has 0 bridgehead atoms. The predicted molar refractivity (Wildman–Crippen MR) is 185 cm³/mol. The van der Waals surface area contributed by atoms with E-state index in [4.69, 9.17) is 11.6 Å².